The van der Waals surface area contributed by atoms with Crippen molar-refractivity contribution in [2.24, 2.45) is 18.0 Å². The minimum atomic E-state index is 0.121. The van der Waals surface area contributed by atoms with Crippen LogP contribution in [0.2, 0.25) is 10.2 Å². The van der Waals surface area contributed by atoms with Gasteiger partial charge in [-0.15, -0.1) is 0 Å². The van der Waals surface area contributed by atoms with Crippen LogP contribution in [0.5, 0.6) is 0 Å². The van der Waals surface area contributed by atoms with Crippen molar-refractivity contribution in [3.63, 3.8) is 0 Å². The van der Waals surface area contributed by atoms with E-state index in [2.05, 4.69) is 41.8 Å². The van der Waals surface area contributed by atoms with Gasteiger partial charge in [0.15, 0.2) is 5.96 Å². The molecular weight excluding hydrogens is 395 g/mol. The summed E-state index contributed by atoms with van der Waals surface area (Å²) in [7, 11) is 1.89. The first-order valence-corrected chi connectivity index (χ1v) is 10.5. The van der Waals surface area contributed by atoms with Crippen LogP contribution in [0, 0.1) is 5.92 Å². The van der Waals surface area contributed by atoms with Gasteiger partial charge < -0.3 is 19.9 Å². The van der Waals surface area contributed by atoms with Gasteiger partial charge >= 0.3 is 0 Å². The van der Waals surface area contributed by atoms with Crippen LogP contribution < -0.4 is 10.6 Å². The van der Waals surface area contributed by atoms with Gasteiger partial charge in [-0.25, -0.2) is 4.99 Å². The third kappa shape index (κ3) is 5.22. The van der Waals surface area contributed by atoms with Crippen LogP contribution in [0.1, 0.15) is 37.1 Å². The van der Waals surface area contributed by atoms with Gasteiger partial charge in [-0.2, -0.15) is 0 Å². The number of nitrogens with zero attached hydrogens (tertiary/aromatic N) is 2. The second-order valence-electron chi connectivity index (χ2n) is 7.01. The molecular formula is C21H28Cl2N4O. The van der Waals surface area contributed by atoms with Gasteiger partial charge in [-0.3, -0.25) is 0 Å². The van der Waals surface area contributed by atoms with Gasteiger partial charge in [0.2, 0.25) is 0 Å². The van der Waals surface area contributed by atoms with Crippen LogP contribution in [0.15, 0.2) is 41.4 Å². The average molecular weight is 423 g/mol. The van der Waals surface area contributed by atoms with E-state index in [-0.39, 0.29) is 6.10 Å². The predicted octanol–water partition coefficient (Wildman–Crippen LogP) is 4.55. The van der Waals surface area contributed by atoms with Crippen molar-refractivity contribution in [1.82, 2.24) is 15.2 Å². The van der Waals surface area contributed by atoms with E-state index in [0.29, 0.717) is 22.6 Å². The number of hydrogen-bond donors (Lipinski definition) is 2. The molecule has 1 aliphatic heterocycles. The van der Waals surface area contributed by atoms with E-state index in [0.717, 1.165) is 44.2 Å². The maximum Gasteiger partial charge on any atom is 0.191 e. The van der Waals surface area contributed by atoms with Crippen molar-refractivity contribution >= 4 is 29.2 Å². The predicted molar refractivity (Wildman–Crippen MR) is 116 cm³/mol. The van der Waals surface area contributed by atoms with Gasteiger partial charge in [-0.05, 0) is 31.4 Å². The third-order valence-corrected chi connectivity index (χ3v) is 5.91. The maximum absolute atomic E-state index is 6.15. The van der Waals surface area contributed by atoms with Gasteiger partial charge in [-0.1, -0.05) is 53.5 Å². The van der Waals surface area contributed by atoms with E-state index < -0.39 is 0 Å². The minimum absolute atomic E-state index is 0.121. The van der Waals surface area contributed by atoms with Crippen molar-refractivity contribution in [2.75, 3.05) is 19.7 Å². The summed E-state index contributed by atoms with van der Waals surface area (Å²) in [5, 5.41) is 7.89. The molecule has 28 heavy (non-hydrogen) atoms. The number of guanidine groups is 1. The lowest BCUT2D eigenvalue weighted by Gasteiger charge is -2.32. The molecule has 2 unspecified atom stereocenters. The van der Waals surface area contributed by atoms with Crippen molar-refractivity contribution < 1.29 is 4.74 Å². The van der Waals surface area contributed by atoms with Crippen LogP contribution in [0.4, 0.5) is 0 Å². The van der Waals surface area contributed by atoms with E-state index in [1.807, 2.05) is 23.7 Å². The van der Waals surface area contributed by atoms with Gasteiger partial charge in [0.25, 0.3) is 0 Å². The molecule has 7 heteroatoms. The molecule has 152 valence electrons. The van der Waals surface area contributed by atoms with Gasteiger partial charge in [0.05, 0.1) is 17.7 Å². The molecule has 1 fully saturated rings. The molecule has 0 radical (unpaired) electrons. The van der Waals surface area contributed by atoms with Crippen molar-refractivity contribution in [3.05, 3.63) is 57.8 Å². The maximum atomic E-state index is 6.15. The van der Waals surface area contributed by atoms with E-state index in [1.54, 1.807) is 0 Å². The highest BCUT2D eigenvalue weighted by molar-refractivity contribution is 6.41. The van der Waals surface area contributed by atoms with Crippen molar-refractivity contribution in [1.29, 1.82) is 0 Å². The minimum Gasteiger partial charge on any atom is -0.373 e. The highest BCUT2D eigenvalue weighted by atomic mass is 35.5. The Hall–Kier alpha value is -1.69. The van der Waals surface area contributed by atoms with Gasteiger partial charge in [0, 0.05) is 38.4 Å². The number of benzene rings is 1. The summed E-state index contributed by atoms with van der Waals surface area (Å²) in [5.41, 5.74) is 2.21. The van der Waals surface area contributed by atoms with Crippen LogP contribution in [-0.2, 0) is 18.3 Å². The molecule has 0 aliphatic carbocycles. The highest BCUT2D eigenvalue weighted by Crippen LogP contribution is 2.33. The highest BCUT2D eigenvalue weighted by Gasteiger charge is 2.27. The number of rotatable bonds is 6. The number of nitrogens with one attached hydrogen (secondary N) is 2. The Labute approximate surface area is 177 Å². The summed E-state index contributed by atoms with van der Waals surface area (Å²) in [6, 6.07) is 12.3. The van der Waals surface area contributed by atoms with Gasteiger partial charge in [0.1, 0.15) is 5.15 Å². The van der Waals surface area contributed by atoms with Crippen LogP contribution >= 0.6 is 23.2 Å². The Bertz CT molecular complexity index is 791. The van der Waals surface area contributed by atoms with Crippen LogP contribution in [-0.4, -0.2) is 30.2 Å². The average Bonchev–Trinajstić information content (AvgIpc) is 2.97. The topological polar surface area (TPSA) is 50.6 Å². The summed E-state index contributed by atoms with van der Waals surface area (Å²) in [4.78, 5) is 4.70. The molecule has 1 aliphatic rings. The van der Waals surface area contributed by atoms with Crippen LogP contribution in [0.25, 0.3) is 0 Å². The molecule has 1 aromatic heterocycles. The molecule has 0 amide bonds. The Morgan fingerprint density at radius 2 is 2.04 bits per heavy atom. The Balaban J connectivity index is 1.65. The van der Waals surface area contributed by atoms with E-state index in [9.17, 15) is 0 Å². The summed E-state index contributed by atoms with van der Waals surface area (Å²) in [5.74, 6) is 1.19. The van der Waals surface area contributed by atoms with E-state index in [1.165, 1.54) is 5.56 Å². The first kappa shape index (κ1) is 21.0. The molecule has 3 rings (SSSR count). The quantitative estimate of drug-likeness (QED) is 0.529. The largest absolute Gasteiger partial charge is 0.373 e. The third-order valence-electron chi connectivity index (χ3n) is 5.06. The lowest BCUT2D eigenvalue weighted by Crippen LogP contribution is -2.42. The van der Waals surface area contributed by atoms with Crippen molar-refractivity contribution in [2.45, 2.75) is 32.4 Å². The molecule has 5 nitrogen and oxygen atoms in total. The second-order valence-corrected chi connectivity index (χ2v) is 7.78. The molecule has 2 heterocycles. The second kappa shape index (κ2) is 10.2. The molecule has 2 atom stereocenters. The first-order chi connectivity index (χ1) is 13.6. The standard InChI is InChI=1S/C21H28Cl2N4O/c1-3-24-21(26-14-17-12-18(22)20(23)27(17)2)25-13-16-10-7-11-28-19(16)15-8-5-4-6-9-15/h4-6,8-9,12,16,19H,3,7,10-11,13-14H2,1-2H3,(H2,24,25,26). The molecule has 0 saturated carbocycles. The Kier molecular flexibility index (Phi) is 7.65. The zero-order chi connectivity index (χ0) is 19.9. The number of aliphatic imine (C=N–C) groups is 1. The number of aromatic nitrogens is 1. The fourth-order valence-electron chi connectivity index (χ4n) is 3.53. The van der Waals surface area contributed by atoms with E-state index >= 15 is 0 Å². The van der Waals surface area contributed by atoms with Crippen LogP contribution in [0.3, 0.4) is 0 Å². The summed E-state index contributed by atoms with van der Waals surface area (Å²) >= 11 is 12.3. The molecule has 2 aromatic rings. The lowest BCUT2D eigenvalue weighted by atomic mass is 9.89. The number of halogens is 2. The molecule has 1 aromatic carbocycles. The zero-order valence-corrected chi connectivity index (χ0v) is 17.9. The molecule has 0 spiro atoms. The summed E-state index contributed by atoms with van der Waals surface area (Å²) in [6.07, 6.45) is 2.34. The molecule has 0 bridgehead atoms. The van der Waals surface area contributed by atoms with E-state index in [4.69, 9.17) is 32.9 Å². The number of hydrogen-bond acceptors (Lipinski definition) is 2. The normalized spacial score (nSPS) is 20.2. The number of ether oxygens (including phenoxy) is 1. The Morgan fingerprint density at radius 3 is 2.71 bits per heavy atom. The fraction of sp³-hybridized carbons (Fsp3) is 0.476. The smallest absolute Gasteiger partial charge is 0.191 e. The van der Waals surface area contributed by atoms with Crippen molar-refractivity contribution in [3.8, 4) is 0 Å². The fourth-order valence-corrected chi connectivity index (χ4v) is 3.95. The lowest BCUT2D eigenvalue weighted by molar-refractivity contribution is -0.0265. The molecule has 1 saturated heterocycles. The Morgan fingerprint density at radius 1 is 1.25 bits per heavy atom. The summed E-state index contributed by atoms with van der Waals surface area (Å²) < 4.78 is 7.96. The SMILES string of the molecule is CCNC(=NCc1cc(Cl)c(Cl)n1C)NCC1CCCOC1c1ccccc1. The first-order valence-electron chi connectivity index (χ1n) is 9.78. The molecule has 2 N–H and O–H groups in total. The monoisotopic (exact) mass is 422 g/mol. The zero-order valence-electron chi connectivity index (χ0n) is 16.4. The summed E-state index contributed by atoms with van der Waals surface area (Å²) in [6.45, 7) is 4.98.